The van der Waals surface area contributed by atoms with Crippen molar-refractivity contribution in [2.75, 3.05) is 5.88 Å². The van der Waals surface area contributed by atoms with Crippen molar-refractivity contribution in [2.24, 2.45) is 0 Å². The van der Waals surface area contributed by atoms with Crippen LogP contribution < -0.4 is 0 Å². The molecule has 0 amide bonds. The number of hydrogen-bond donors (Lipinski definition) is 1. The van der Waals surface area contributed by atoms with E-state index in [0.29, 0.717) is 0 Å². The summed E-state index contributed by atoms with van der Waals surface area (Å²) >= 11 is 5.55. The first-order chi connectivity index (χ1) is 5.65. The molecule has 0 aliphatic rings. The van der Waals surface area contributed by atoms with Gasteiger partial charge in [0.15, 0.2) is 0 Å². The van der Waals surface area contributed by atoms with Gasteiger partial charge in [0.2, 0.25) is 0 Å². The molecular weight excluding hydrogens is 172 g/mol. The van der Waals surface area contributed by atoms with Crippen LogP contribution in [0.5, 0.6) is 0 Å². The second-order valence-electron chi connectivity index (χ2n) is 3.03. The highest BCUT2D eigenvalue weighted by Crippen LogP contribution is 2.19. The molecule has 0 fully saturated rings. The van der Waals surface area contributed by atoms with Crippen molar-refractivity contribution in [1.82, 2.24) is 0 Å². The molecule has 66 valence electrons. The van der Waals surface area contributed by atoms with Crippen molar-refractivity contribution in [2.45, 2.75) is 20.0 Å². The molecule has 1 atom stereocenters. The van der Waals surface area contributed by atoms with E-state index in [0.717, 1.165) is 11.1 Å². The van der Waals surface area contributed by atoms with E-state index in [1.54, 1.807) is 0 Å². The van der Waals surface area contributed by atoms with E-state index >= 15 is 0 Å². The Morgan fingerprint density at radius 1 is 1.42 bits per heavy atom. The van der Waals surface area contributed by atoms with Crippen molar-refractivity contribution >= 4 is 11.6 Å². The van der Waals surface area contributed by atoms with Gasteiger partial charge in [0.25, 0.3) is 0 Å². The first kappa shape index (κ1) is 9.56. The van der Waals surface area contributed by atoms with Crippen molar-refractivity contribution in [1.29, 1.82) is 0 Å². The second-order valence-corrected chi connectivity index (χ2v) is 3.34. The van der Waals surface area contributed by atoms with Gasteiger partial charge >= 0.3 is 0 Å². The van der Waals surface area contributed by atoms with Crippen LogP contribution in [0.4, 0.5) is 0 Å². The Labute approximate surface area is 78.0 Å². The fraction of sp³-hybridized carbons (Fsp3) is 0.400. The smallest absolute Gasteiger partial charge is 0.0927 e. The Hall–Kier alpha value is -0.530. The molecular formula is C10H13ClO. The van der Waals surface area contributed by atoms with Crippen LogP contribution in [-0.4, -0.2) is 11.0 Å². The van der Waals surface area contributed by atoms with Crippen molar-refractivity contribution in [3.05, 3.63) is 34.9 Å². The Morgan fingerprint density at radius 3 is 2.58 bits per heavy atom. The van der Waals surface area contributed by atoms with E-state index in [1.807, 2.05) is 32.0 Å². The highest BCUT2D eigenvalue weighted by Gasteiger charge is 2.07. The monoisotopic (exact) mass is 184 g/mol. The molecule has 1 unspecified atom stereocenters. The average Bonchev–Trinajstić information content (AvgIpc) is 2.03. The summed E-state index contributed by atoms with van der Waals surface area (Å²) in [6, 6.07) is 5.96. The molecule has 1 rings (SSSR count). The molecule has 0 aliphatic carbocycles. The lowest BCUT2D eigenvalue weighted by Crippen LogP contribution is -2.01. The summed E-state index contributed by atoms with van der Waals surface area (Å²) in [5.74, 6) is 0.254. The summed E-state index contributed by atoms with van der Waals surface area (Å²) in [5, 5.41) is 9.47. The molecule has 1 aromatic carbocycles. The summed E-state index contributed by atoms with van der Waals surface area (Å²) in [6.07, 6.45) is -0.535. The molecule has 0 aliphatic heterocycles. The van der Waals surface area contributed by atoms with E-state index in [4.69, 9.17) is 11.6 Å². The summed E-state index contributed by atoms with van der Waals surface area (Å²) in [4.78, 5) is 0. The quantitative estimate of drug-likeness (QED) is 0.701. The number of benzene rings is 1. The zero-order chi connectivity index (χ0) is 9.14. The van der Waals surface area contributed by atoms with Crippen LogP contribution >= 0.6 is 11.6 Å². The van der Waals surface area contributed by atoms with Crippen LogP contribution in [0.15, 0.2) is 18.2 Å². The minimum atomic E-state index is -0.535. The van der Waals surface area contributed by atoms with Crippen molar-refractivity contribution in [3.63, 3.8) is 0 Å². The van der Waals surface area contributed by atoms with Gasteiger partial charge in [-0.25, -0.2) is 0 Å². The number of aliphatic hydroxyl groups is 1. The number of aryl methyl sites for hydroxylation is 2. The highest BCUT2D eigenvalue weighted by molar-refractivity contribution is 6.18. The number of aliphatic hydroxyl groups excluding tert-OH is 1. The highest BCUT2D eigenvalue weighted by atomic mass is 35.5. The van der Waals surface area contributed by atoms with Crippen molar-refractivity contribution in [3.8, 4) is 0 Å². The minimum Gasteiger partial charge on any atom is -0.387 e. The van der Waals surface area contributed by atoms with E-state index in [2.05, 4.69) is 0 Å². The van der Waals surface area contributed by atoms with E-state index in [-0.39, 0.29) is 5.88 Å². The largest absolute Gasteiger partial charge is 0.387 e. The van der Waals surface area contributed by atoms with Crippen LogP contribution in [-0.2, 0) is 0 Å². The van der Waals surface area contributed by atoms with E-state index in [9.17, 15) is 5.11 Å². The van der Waals surface area contributed by atoms with Gasteiger partial charge in [-0.2, -0.15) is 0 Å². The third-order valence-corrected chi connectivity index (χ3v) is 2.22. The lowest BCUT2D eigenvalue weighted by molar-refractivity contribution is 0.202. The van der Waals surface area contributed by atoms with Crippen LogP contribution in [0.1, 0.15) is 22.8 Å². The summed E-state index contributed by atoms with van der Waals surface area (Å²) < 4.78 is 0. The minimum absolute atomic E-state index is 0.254. The number of alkyl halides is 1. The SMILES string of the molecule is Cc1ccc(C(O)CCl)c(C)c1. The Kier molecular flexibility index (Phi) is 3.12. The zero-order valence-corrected chi connectivity index (χ0v) is 8.10. The summed E-state index contributed by atoms with van der Waals surface area (Å²) in [6.45, 7) is 4.02. The third-order valence-electron chi connectivity index (χ3n) is 1.93. The first-order valence-corrected chi connectivity index (χ1v) is 4.49. The molecule has 12 heavy (non-hydrogen) atoms. The maximum Gasteiger partial charge on any atom is 0.0927 e. The third kappa shape index (κ3) is 1.99. The second kappa shape index (κ2) is 3.92. The molecule has 0 spiro atoms. The molecule has 0 radical (unpaired) electrons. The van der Waals surface area contributed by atoms with Gasteiger partial charge in [-0.05, 0) is 25.0 Å². The van der Waals surface area contributed by atoms with Gasteiger partial charge in [0.05, 0.1) is 12.0 Å². The lowest BCUT2D eigenvalue weighted by Gasteiger charge is -2.10. The molecule has 2 heteroatoms. The van der Waals surface area contributed by atoms with Crippen molar-refractivity contribution < 1.29 is 5.11 Å². The standard InChI is InChI=1S/C10H13ClO/c1-7-3-4-9(8(2)5-7)10(12)6-11/h3-5,10,12H,6H2,1-2H3. The summed E-state index contributed by atoms with van der Waals surface area (Å²) in [5.41, 5.74) is 3.23. The van der Waals surface area contributed by atoms with Gasteiger partial charge < -0.3 is 5.11 Å². The maximum atomic E-state index is 9.47. The number of halogens is 1. The average molecular weight is 185 g/mol. The van der Waals surface area contributed by atoms with Crippen LogP contribution in [0, 0.1) is 13.8 Å². The van der Waals surface area contributed by atoms with Crippen LogP contribution in [0.2, 0.25) is 0 Å². The Bertz CT molecular complexity index is 271. The molecule has 1 nitrogen and oxygen atoms in total. The maximum absolute atomic E-state index is 9.47. The topological polar surface area (TPSA) is 20.2 Å². The molecule has 0 bridgehead atoms. The van der Waals surface area contributed by atoms with Gasteiger partial charge in [0.1, 0.15) is 0 Å². The zero-order valence-electron chi connectivity index (χ0n) is 7.34. The number of rotatable bonds is 2. The van der Waals surface area contributed by atoms with E-state index < -0.39 is 6.10 Å². The van der Waals surface area contributed by atoms with E-state index in [1.165, 1.54) is 5.56 Å². The van der Waals surface area contributed by atoms with Gasteiger partial charge in [-0.3, -0.25) is 0 Å². The van der Waals surface area contributed by atoms with Gasteiger partial charge in [0, 0.05) is 0 Å². The molecule has 0 heterocycles. The van der Waals surface area contributed by atoms with Crippen LogP contribution in [0.25, 0.3) is 0 Å². The predicted octanol–water partition coefficient (Wildman–Crippen LogP) is 2.58. The Balaban J connectivity index is 3.01. The fourth-order valence-electron chi connectivity index (χ4n) is 1.28. The molecule has 0 saturated carbocycles. The van der Waals surface area contributed by atoms with Crippen LogP contribution in [0.3, 0.4) is 0 Å². The predicted molar refractivity (Wildman–Crippen MR) is 51.6 cm³/mol. The van der Waals surface area contributed by atoms with Gasteiger partial charge in [-0.1, -0.05) is 23.8 Å². The molecule has 1 N–H and O–H groups in total. The lowest BCUT2D eigenvalue weighted by atomic mass is 10.0. The number of hydrogen-bond acceptors (Lipinski definition) is 1. The molecule has 0 saturated heterocycles. The van der Waals surface area contributed by atoms with Gasteiger partial charge in [-0.15, -0.1) is 11.6 Å². The summed E-state index contributed by atoms with van der Waals surface area (Å²) in [7, 11) is 0. The Morgan fingerprint density at radius 2 is 2.08 bits per heavy atom. The normalized spacial score (nSPS) is 13.0. The molecule has 0 aromatic heterocycles. The first-order valence-electron chi connectivity index (χ1n) is 3.96. The molecule has 1 aromatic rings. The fourth-order valence-corrected chi connectivity index (χ4v) is 1.45.